The number of anilines is 4. The van der Waals surface area contributed by atoms with E-state index in [1.165, 1.54) is 24.9 Å². The molecule has 0 saturated carbocycles. The Morgan fingerprint density at radius 1 is 0.966 bits per heavy atom. The topological polar surface area (TPSA) is 75.2 Å². The molecule has 0 radical (unpaired) electrons. The zero-order valence-electron chi connectivity index (χ0n) is 16.6. The highest BCUT2D eigenvalue weighted by Crippen LogP contribution is 2.23. The lowest BCUT2D eigenvalue weighted by atomic mass is 10.1. The Balaban J connectivity index is 1.35. The van der Waals surface area contributed by atoms with Crippen LogP contribution in [0.15, 0.2) is 54.7 Å². The van der Waals surface area contributed by atoms with Crippen LogP contribution in [0.2, 0.25) is 0 Å². The van der Waals surface area contributed by atoms with Crippen molar-refractivity contribution in [2.45, 2.75) is 25.8 Å². The number of ether oxygens (including phenoxy) is 1. The van der Waals surface area contributed by atoms with Gasteiger partial charge in [0.05, 0.1) is 13.3 Å². The van der Waals surface area contributed by atoms with Crippen molar-refractivity contribution in [3.05, 3.63) is 60.3 Å². The van der Waals surface area contributed by atoms with Crippen LogP contribution in [0.25, 0.3) is 0 Å². The van der Waals surface area contributed by atoms with Crippen molar-refractivity contribution in [1.82, 2.24) is 15.2 Å². The van der Waals surface area contributed by atoms with Gasteiger partial charge in [-0.2, -0.15) is 10.1 Å². The first-order chi connectivity index (χ1) is 14.3. The molecule has 1 fully saturated rings. The maximum absolute atomic E-state index is 5.18. The van der Waals surface area contributed by atoms with Gasteiger partial charge in [0.1, 0.15) is 5.75 Å². The molecule has 0 unspecified atom stereocenters. The van der Waals surface area contributed by atoms with E-state index in [1.54, 1.807) is 13.3 Å². The average Bonchev–Trinajstić information content (AvgIpc) is 2.79. The van der Waals surface area contributed by atoms with Crippen LogP contribution in [0.3, 0.4) is 0 Å². The first kappa shape index (κ1) is 19.0. The van der Waals surface area contributed by atoms with Crippen LogP contribution in [-0.4, -0.2) is 35.4 Å². The van der Waals surface area contributed by atoms with Gasteiger partial charge in [-0.1, -0.05) is 12.1 Å². The van der Waals surface area contributed by atoms with Crippen molar-refractivity contribution >= 4 is 23.1 Å². The molecule has 0 amide bonds. The van der Waals surface area contributed by atoms with Crippen molar-refractivity contribution < 1.29 is 4.74 Å². The van der Waals surface area contributed by atoms with Crippen LogP contribution in [0.4, 0.5) is 23.1 Å². The number of benzene rings is 2. The second-order valence-corrected chi connectivity index (χ2v) is 7.09. The molecular weight excluding hydrogens is 364 g/mol. The molecule has 29 heavy (non-hydrogen) atoms. The lowest BCUT2D eigenvalue weighted by molar-refractivity contribution is 0.414. The number of hydrogen-bond acceptors (Lipinski definition) is 7. The van der Waals surface area contributed by atoms with E-state index in [0.717, 1.165) is 30.1 Å². The van der Waals surface area contributed by atoms with Gasteiger partial charge in [0, 0.05) is 31.0 Å². The predicted molar refractivity (Wildman–Crippen MR) is 116 cm³/mol. The van der Waals surface area contributed by atoms with Gasteiger partial charge in [-0.3, -0.25) is 0 Å². The first-order valence-electron chi connectivity index (χ1n) is 9.99. The van der Waals surface area contributed by atoms with Crippen molar-refractivity contribution in [1.29, 1.82) is 0 Å². The van der Waals surface area contributed by atoms with Gasteiger partial charge in [0.15, 0.2) is 5.82 Å². The van der Waals surface area contributed by atoms with Crippen molar-refractivity contribution in [3.8, 4) is 5.75 Å². The minimum Gasteiger partial charge on any atom is -0.497 e. The van der Waals surface area contributed by atoms with Gasteiger partial charge in [0.2, 0.25) is 5.95 Å². The second-order valence-electron chi connectivity index (χ2n) is 7.09. The third-order valence-electron chi connectivity index (χ3n) is 5.04. The third kappa shape index (κ3) is 5.13. The summed E-state index contributed by atoms with van der Waals surface area (Å²) in [5.74, 6) is 1.98. The predicted octanol–water partition coefficient (Wildman–Crippen LogP) is 4.23. The molecule has 3 aromatic rings. The molecule has 0 aliphatic carbocycles. The SMILES string of the molecule is COc1ccc(CNc2cnnc(Nc3ccc(N4CCCCC4)cc3)n2)cc1. The summed E-state index contributed by atoms with van der Waals surface area (Å²) in [6.07, 6.45) is 5.50. The van der Waals surface area contributed by atoms with E-state index in [-0.39, 0.29) is 0 Å². The van der Waals surface area contributed by atoms with E-state index in [0.29, 0.717) is 18.3 Å². The summed E-state index contributed by atoms with van der Waals surface area (Å²) in [7, 11) is 1.66. The molecule has 0 atom stereocenters. The van der Waals surface area contributed by atoms with Crippen LogP contribution in [0.5, 0.6) is 5.75 Å². The minimum atomic E-state index is 0.468. The van der Waals surface area contributed by atoms with E-state index in [2.05, 4.69) is 55.0 Å². The number of nitrogens with one attached hydrogen (secondary N) is 2. The highest BCUT2D eigenvalue weighted by molar-refractivity contribution is 5.59. The average molecular weight is 390 g/mol. The van der Waals surface area contributed by atoms with E-state index in [9.17, 15) is 0 Å². The normalized spacial score (nSPS) is 13.8. The number of rotatable bonds is 7. The molecule has 1 saturated heterocycles. The summed E-state index contributed by atoms with van der Waals surface area (Å²) >= 11 is 0. The molecule has 1 aromatic heterocycles. The van der Waals surface area contributed by atoms with Crippen molar-refractivity contribution in [2.75, 3.05) is 35.7 Å². The summed E-state index contributed by atoms with van der Waals surface area (Å²) in [5.41, 5.74) is 3.34. The standard InChI is InChI=1S/C22H26N6O/c1-29-20-11-5-17(6-12-20)15-23-21-16-24-27-22(26-21)25-18-7-9-19(10-8-18)28-13-3-2-4-14-28/h5-12,16H,2-4,13-15H2,1H3,(H2,23,25,26,27). The number of nitrogens with zero attached hydrogens (tertiary/aromatic N) is 4. The Morgan fingerprint density at radius 2 is 1.72 bits per heavy atom. The van der Waals surface area contributed by atoms with Gasteiger partial charge in [-0.25, -0.2) is 0 Å². The van der Waals surface area contributed by atoms with E-state index in [1.807, 2.05) is 24.3 Å². The smallest absolute Gasteiger partial charge is 0.249 e. The van der Waals surface area contributed by atoms with E-state index in [4.69, 9.17) is 4.74 Å². The van der Waals surface area contributed by atoms with Crippen LogP contribution >= 0.6 is 0 Å². The summed E-state index contributed by atoms with van der Waals surface area (Å²) in [6, 6.07) is 16.3. The lowest BCUT2D eigenvalue weighted by Gasteiger charge is -2.28. The third-order valence-corrected chi connectivity index (χ3v) is 5.04. The number of hydrogen-bond donors (Lipinski definition) is 2. The molecule has 0 spiro atoms. The Bertz CT molecular complexity index is 907. The fraction of sp³-hybridized carbons (Fsp3) is 0.318. The van der Waals surface area contributed by atoms with Crippen molar-refractivity contribution in [3.63, 3.8) is 0 Å². The van der Waals surface area contributed by atoms with Crippen LogP contribution in [0, 0.1) is 0 Å². The summed E-state index contributed by atoms with van der Waals surface area (Å²) < 4.78 is 5.18. The molecule has 150 valence electrons. The maximum atomic E-state index is 5.18. The van der Waals surface area contributed by atoms with E-state index >= 15 is 0 Å². The maximum Gasteiger partial charge on any atom is 0.249 e. The summed E-state index contributed by atoms with van der Waals surface area (Å²) in [5, 5.41) is 14.6. The molecule has 2 heterocycles. The highest BCUT2D eigenvalue weighted by atomic mass is 16.5. The Morgan fingerprint density at radius 3 is 2.45 bits per heavy atom. The zero-order chi connectivity index (χ0) is 19.9. The van der Waals surface area contributed by atoms with Gasteiger partial charge in [0.25, 0.3) is 0 Å². The molecule has 7 nitrogen and oxygen atoms in total. The van der Waals surface area contributed by atoms with Crippen molar-refractivity contribution in [2.24, 2.45) is 0 Å². The Hall–Kier alpha value is -3.35. The second kappa shape index (κ2) is 9.23. The lowest BCUT2D eigenvalue weighted by Crippen LogP contribution is -2.29. The number of methoxy groups -OCH3 is 1. The summed E-state index contributed by atoms with van der Waals surface area (Å²) in [6.45, 7) is 2.93. The molecular formula is C22H26N6O. The van der Waals surface area contributed by atoms with Gasteiger partial charge in [-0.05, 0) is 61.2 Å². The largest absolute Gasteiger partial charge is 0.497 e. The Kier molecular flexibility index (Phi) is 6.04. The van der Waals surface area contributed by atoms with Crippen LogP contribution in [0.1, 0.15) is 24.8 Å². The van der Waals surface area contributed by atoms with Gasteiger partial charge < -0.3 is 20.3 Å². The molecule has 4 rings (SSSR count). The quantitative estimate of drug-likeness (QED) is 0.625. The zero-order valence-corrected chi connectivity index (χ0v) is 16.6. The molecule has 2 N–H and O–H groups in total. The Labute approximate surface area is 171 Å². The monoisotopic (exact) mass is 390 g/mol. The van der Waals surface area contributed by atoms with Gasteiger partial charge in [-0.15, -0.1) is 5.10 Å². The fourth-order valence-corrected chi connectivity index (χ4v) is 3.41. The number of piperidine rings is 1. The fourth-order valence-electron chi connectivity index (χ4n) is 3.41. The molecule has 7 heteroatoms. The number of aromatic nitrogens is 3. The van der Waals surface area contributed by atoms with E-state index < -0.39 is 0 Å². The first-order valence-corrected chi connectivity index (χ1v) is 9.99. The minimum absolute atomic E-state index is 0.468. The van der Waals surface area contributed by atoms with Gasteiger partial charge >= 0.3 is 0 Å². The summed E-state index contributed by atoms with van der Waals surface area (Å²) in [4.78, 5) is 6.94. The van der Waals surface area contributed by atoms with Crippen LogP contribution < -0.4 is 20.3 Å². The molecule has 0 bridgehead atoms. The molecule has 1 aliphatic rings. The van der Waals surface area contributed by atoms with Crippen LogP contribution in [-0.2, 0) is 6.54 Å². The molecule has 1 aliphatic heterocycles. The molecule has 2 aromatic carbocycles. The highest BCUT2D eigenvalue weighted by Gasteiger charge is 2.10.